The van der Waals surface area contributed by atoms with Gasteiger partial charge in [-0.15, -0.1) is 0 Å². The average Bonchev–Trinajstić information content (AvgIpc) is 2.44. The van der Waals surface area contributed by atoms with Gasteiger partial charge in [-0.05, 0) is 46.6 Å². The summed E-state index contributed by atoms with van der Waals surface area (Å²) in [4.78, 5) is 22.1. The molecular formula is C15H22ClN3O3S. The van der Waals surface area contributed by atoms with E-state index < -0.39 is 16.4 Å². The van der Waals surface area contributed by atoms with Crippen molar-refractivity contribution in [1.82, 2.24) is 14.9 Å². The number of hydrogen-bond acceptors (Lipinski definition) is 5. The standard InChI is InChI=1S/C15H22ClN3O3S/c1-10-8-12(16)18-13(17-10)23(21)11-6-5-7-19(9-11)14(20)22-15(2,3)4/h8,11H,5-7,9H2,1-4H3/t11-,23+/m1/s1. The summed E-state index contributed by atoms with van der Waals surface area (Å²) < 4.78 is 18.1. The Bertz CT molecular complexity index is 598. The third kappa shape index (κ3) is 5.14. The molecule has 1 amide bonds. The molecule has 0 aromatic carbocycles. The van der Waals surface area contributed by atoms with Gasteiger partial charge in [0.2, 0.25) is 5.16 Å². The first-order valence-electron chi connectivity index (χ1n) is 7.55. The molecular weight excluding hydrogens is 338 g/mol. The molecule has 1 fully saturated rings. The molecule has 0 radical (unpaired) electrons. The van der Waals surface area contributed by atoms with Crippen LogP contribution < -0.4 is 0 Å². The highest BCUT2D eigenvalue weighted by molar-refractivity contribution is 7.85. The smallest absolute Gasteiger partial charge is 0.410 e. The molecule has 0 N–H and O–H groups in total. The fourth-order valence-corrected chi connectivity index (χ4v) is 4.05. The molecule has 0 saturated carbocycles. The van der Waals surface area contributed by atoms with E-state index in [1.165, 1.54) is 0 Å². The van der Waals surface area contributed by atoms with Crippen LogP contribution in [0.1, 0.15) is 39.3 Å². The number of likely N-dealkylation sites (tertiary alicyclic amines) is 1. The van der Waals surface area contributed by atoms with Crippen LogP contribution in [0.5, 0.6) is 0 Å². The van der Waals surface area contributed by atoms with Crippen molar-refractivity contribution in [2.45, 2.75) is 56.5 Å². The molecule has 2 atom stereocenters. The number of hydrogen-bond donors (Lipinski definition) is 0. The van der Waals surface area contributed by atoms with E-state index in [4.69, 9.17) is 16.3 Å². The van der Waals surface area contributed by atoms with Gasteiger partial charge in [-0.2, -0.15) is 0 Å². The molecule has 1 saturated heterocycles. The molecule has 1 aromatic rings. The largest absolute Gasteiger partial charge is 0.444 e. The van der Waals surface area contributed by atoms with Crippen LogP contribution in [0.2, 0.25) is 5.15 Å². The van der Waals surface area contributed by atoms with Crippen LogP contribution in [-0.2, 0) is 15.5 Å². The molecule has 0 spiro atoms. The zero-order chi connectivity index (χ0) is 17.2. The van der Waals surface area contributed by atoms with Gasteiger partial charge in [-0.3, -0.25) is 4.21 Å². The molecule has 1 aromatic heterocycles. The summed E-state index contributed by atoms with van der Waals surface area (Å²) in [5, 5.41) is 0.292. The fraction of sp³-hybridized carbons (Fsp3) is 0.667. The van der Waals surface area contributed by atoms with Crippen molar-refractivity contribution in [3.63, 3.8) is 0 Å². The second-order valence-corrected chi connectivity index (χ2v) is 8.62. The Balaban J connectivity index is 2.08. The van der Waals surface area contributed by atoms with Gasteiger partial charge in [-0.1, -0.05) is 11.6 Å². The highest BCUT2D eigenvalue weighted by atomic mass is 35.5. The van der Waals surface area contributed by atoms with Crippen LogP contribution in [0, 0.1) is 6.92 Å². The summed E-state index contributed by atoms with van der Waals surface area (Å²) in [6, 6.07) is 1.62. The van der Waals surface area contributed by atoms with Crippen molar-refractivity contribution in [3.8, 4) is 0 Å². The highest BCUT2D eigenvalue weighted by Gasteiger charge is 2.32. The minimum atomic E-state index is -1.41. The first kappa shape index (κ1) is 18.1. The molecule has 0 unspecified atom stereocenters. The van der Waals surface area contributed by atoms with Gasteiger partial charge in [0.15, 0.2) is 0 Å². The first-order valence-corrected chi connectivity index (χ1v) is 9.14. The maximum Gasteiger partial charge on any atom is 0.410 e. The van der Waals surface area contributed by atoms with Crippen molar-refractivity contribution >= 4 is 28.5 Å². The van der Waals surface area contributed by atoms with Crippen molar-refractivity contribution in [2.24, 2.45) is 0 Å². The summed E-state index contributed by atoms with van der Waals surface area (Å²) in [5.74, 6) is 0. The van der Waals surface area contributed by atoms with Crippen LogP contribution in [0.3, 0.4) is 0 Å². The Labute approximate surface area is 144 Å². The number of nitrogens with zero attached hydrogens (tertiary/aromatic N) is 3. The normalized spacial score (nSPS) is 20.2. The SMILES string of the molecule is Cc1cc(Cl)nc([S@@](=O)[C@@H]2CCCN(C(=O)OC(C)(C)C)C2)n1. The maximum absolute atomic E-state index is 12.7. The number of rotatable bonds is 2. The monoisotopic (exact) mass is 359 g/mol. The molecule has 2 rings (SSSR count). The van der Waals surface area contributed by atoms with Gasteiger partial charge in [0, 0.05) is 18.8 Å². The maximum atomic E-state index is 12.7. The number of piperidine rings is 1. The minimum Gasteiger partial charge on any atom is -0.444 e. The average molecular weight is 360 g/mol. The van der Waals surface area contributed by atoms with Crippen LogP contribution in [0.25, 0.3) is 0 Å². The molecule has 0 aliphatic carbocycles. The molecule has 23 heavy (non-hydrogen) atoms. The summed E-state index contributed by atoms with van der Waals surface area (Å²) >= 11 is 5.91. The lowest BCUT2D eigenvalue weighted by molar-refractivity contribution is 0.0219. The van der Waals surface area contributed by atoms with Crippen LogP contribution in [-0.4, -0.2) is 49.1 Å². The second kappa shape index (κ2) is 7.13. The topological polar surface area (TPSA) is 72.4 Å². The predicted octanol–water partition coefficient (Wildman–Crippen LogP) is 2.95. The van der Waals surface area contributed by atoms with Gasteiger partial charge in [-0.25, -0.2) is 14.8 Å². The molecule has 8 heteroatoms. The number of ether oxygens (including phenoxy) is 1. The van der Waals surface area contributed by atoms with E-state index in [-0.39, 0.29) is 21.7 Å². The Morgan fingerprint density at radius 1 is 1.43 bits per heavy atom. The van der Waals surface area contributed by atoms with Gasteiger partial charge in [0.1, 0.15) is 10.8 Å². The summed E-state index contributed by atoms with van der Waals surface area (Å²) in [5.41, 5.74) is 0.129. The lowest BCUT2D eigenvalue weighted by Gasteiger charge is -2.33. The van der Waals surface area contributed by atoms with Crippen LogP contribution >= 0.6 is 11.6 Å². The van der Waals surface area contributed by atoms with E-state index in [1.54, 1.807) is 17.9 Å². The molecule has 2 heterocycles. The van der Waals surface area contributed by atoms with Crippen LogP contribution in [0.4, 0.5) is 4.79 Å². The highest BCUT2D eigenvalue weighted by Crippen LogP contribution is 2.21. The number of halogens is 1. The first-order chi connectivity index (χ1) is 10.7. The Kier molecular flexibility index (Phi) is 5.62. The van der Waals surface area contributed by atoms with Gasteiger partial charge < -0.3 is 9.64 Å². The second-order valence-electron chi connectivity index (χ2n) is 6.60. The Morgan fingerprint density at radius 3 is 2.74 bits per heavy atom. The quantitative estimate of drug-likeness (QED) is 0.599. The van der Waals surface area contributed by atoms with Crippen molar-refractivity contribution in [2.75, 3.05) is 13.1 Å². The zero-order valence-corrected chi connectivity index (χ0v) is 15.4. The van der Waals surface area contributed by atoms with E-state index in [2.05, 4.69) is 9.97 Å². The third-order valence-corrected chi connectivity index (χ3v) is 5.04. The molecule has 1 aliphatic heterocycles. The van der Waals surface area contributed by atoms with Gasteiger partial charge >= 0.3 is 6.09 Å². The van der Waals surface area contributed by atoms with E-state index >= 15 is 0 Å². The van der Waals surface area contributed by atoms with Gasteiger partial charge in [0.25, 0.3) is 0 Å². The van der Waals surface area contributed by atoms with Gasteiger partial charge in [0.05, 0.1) is 16.0 Å². The molecule has 128 valence electrons. The number of carbonyl (C=O) groups is 1. The lowest BCUT2D eigenvalue weighted by atomic mass is 10.1. The van der Waals surface area contributed by atoms with Crippen molar-refractivity contribution < 1.29 is 13.7 Å². The van der Waals surface area contributed by atoms with E-state index in [0.717, 1.165) is 12.8 Å². The van der Waals surface area contributed by atoms with E-state index in [1.807, 2.05) is 20.8 Å². The Hall–Kier alpha value is -1.21. The minimum absolute atomic E-state index is 0.214. The summed E-state index contributed by atoms with van der Waals surface area (Å²) in [6.07, 6.45) is 1.15. The summed E-state index contributed by atoms with van der Waals surface area (Å²) in [6.45, 7) is 8.24. The number of carbonyl (C=O) groups excluding carboxylic acids is 1. The number of aromatic nitrogens is 2. The van der Waals surface area contributed by atoms with Crippen molar-refractivity contribution in [1.29, 1.82) is 0 Å². The van der Waals surface area contributed by atoms with Crippen LogP contribution in [0.15, 0.2) is 11.2 Å². The Morgan fingerprint density at radius 2 is 2.13 bits per heavy atom. The molecule has 0 bridgehead atoms. The zero-order valence-electron chi connectivity index (χ0n) is 13.8. The number of aryl methyl sites for hydroxylation is 1. The van der Waals surface area contributed by atoms with E-state index in [9.17, 15) is 9.00 Å². The fourth-order valence-electron chi connectivity index (χ4n) is 2.35. The predicted molar refractivity (Wildman–Crippen MR) is 89.0 cm³/mol. The summed E-state index contributed by atoms with van der Waals surface area (Å²) in [7, 11) is -1.41. The third-order valence-electron chi connectivity index (χ3n) is 3.31. The lowest BCUT2D eigenvalue weighted by Crippen LogP contribution is -2.46. The molecule has 6 nitrogen and oxygen atoms in total. The number of amides is 1. The van der Waals surface area contributed by atoms with Crippen molar-refractivity contribution in [3.05, 3.63) is 16.9 Å². The van der Waals surface area contributed by atoms with E-state index in [0.29, 0.717) is 18.8 Å². The molecule has 1 aliphatic rings.